The summed E-state index contributed by atoms with van der Waals surface area (Å²) >= 11 is 0. The van der Waals surface area contributed by atoms with Crippen LogP contribution in [0, 0.1) is 0 Å². The van der Waals surface area contributed by atoms with E-state index in [9.17, 15) is 4.79 Å². The SMILES string of the molecule is CC(C)=CCCC1=CCC(=C=O)CC1. The molecule has 0 saturated heterocycles. The van der Waals surface area contributed by atoms with Gasteiger partial charge in [-0.1, -0.05) is 23.3 Å². The maximum atomic E-state index is 10.4. The Morgan fingerprint density at radius 3 is 2.79 bits per heavy atom. The van der Waals surface area contributed by atoms with Crippen molar-refractivity contribution in [3.05, 3.63) is 28.9 Å². The van der Waals surface area contributed by atoms with Crippen LogP contribution >= 0.6 is 0 Å². The van der Waals surface area contributed by atoms with Gasteiger partial charge in [-0.2, -0.15) is 0 Å². The minimum absolute atomic E-state index is 0.827. The van der Waals surface area contributed by atoms with E-state index in [0.29, 0.717) is 0 Å². The molecule has 0 saturated carbocycles. The Bertz CT molecular complexity index is 297. The zero-order valence-corrected chi connectivity index (χ0v) is 9.10. The molecule has 76 valence electrons. The van der Waals surface area contributed by atoms with Gasteiger partial charge in [0.05, 0.1) is 0 Å². The molecule has 0 heterocycles. The Hall–Kier alpha value is -1.07. The maximum absolute atomic E-state index is 10.4. The van der Waals surface area contributed by atoms with Gasteiger partial charge in [-0.3, -0.25) is 0 Å². The van der Waals surface area contributed by atoms with Crippen LogP contribution in [0.2, 0.25) is 0 Å². The van der Waals surface area contributed by atoms with Crippen molar-refractivity contribution < 1.29 is 4.79 Å². The van der Waals surface area contributed by atoms with Crippen LogP contribution in [0.25, 0.3) is 0 Å². The van der Waals surface area contributed by atoms with Gasteiger partial charge >= 0.3 is 0 Å². The van der Waals surface area contributed by atoms with Crippen LogP contribution in [0.5, 0.6) is 0 Å². The second kappa shape index (κ2) is 5.62. The zero-order chi connectivity index (χ0) is 10.4. The summed E-state index contributed by atoms with van der Waals surface area (Å²) < 4.78 is 0. The molecule has 0 amide bonds. The number of carbonyl (C=O) groups excluding carboxylic acids is 1. The Balaban J connectivity index is 2.37. The first kappa shape index (κ1) is 11.0. The Morgan fingerprint density at radius 2 is 2.29 bits per heavy atom. The lowest BCUT2D eigenvalue weighted by atomic mass is 9.93. The lowest BCUT2D eigenvalue weighted by Gasteiger charge is -2.12. The molecule has 0 radical (unpaired) electrons. The highest BCUT2D eigenvalue weighted by atomic mass is 16.1. The topological polar surface area (TPSA) is 17.1 Å². The highest BCUT2D eigenvalue weighted by Gasteiger charge is 2.07. The summed E-state index contributed by atoms with van der Waals surface area (Å²) in [5.41, 5.74) is 3.81. The monoisotopic (exact) mass is 190 g/mol. The molecule has 0 aliphatic heterocycles. The Kier molecular flexibility index (Phi) is 4.42. The van der Waals surface area contributed by atoms with E-state index in [0.717, 1.165) is 37.7 Å². The highest BCUT2D eigenvalue weighted by Crippen LogP contribution is 2.24. The van der Waals surface area contributed by atoms with Crippen LogP contribution in [0.15, 0.2) is 28.9 Å². The first-order chi connectivity index (χ1) is 6.72. The number of rotatable bonds is 3. The molecule has 0 spiro atoms. The fourth-order valence-electron chi connectivity index (χ4n) is 1.65. The lowest BCUT2D eigenvalue weighted by molar-refractivity contribution is 0.564. The van der Waals surface area contributed by atoms with E-state index < -0.39 is 0 Å². The fourth-order valence-corrected chi connectivity index (χ4v) is 1.65. The quantitative estimate of drug-likeness (QED) is 0.491. The van der Waals surface area contributed by atoms with E-state index in [-0.39, 0.29) is 0 Å². The molecular formula is C13H18O. The number of hydrogen-bond donors (Lipinski definition) is 0. The molecular weight excluding hydrogens is 172 g/mol. The van der Waals surface area contributed by atoms with Gasteiger partial charge in [0.25, 0.3) is 0 Å². The Morgan fingerprint density at radius 1 is 1.50 bits per heavy atom. The van der Waals surface area contributed by atoms with Crippen molar-refractivity contribution in [1.29, 1.82) is 0 Å². The van der Waals surface area contributed by atoms with Crippen molar-refractivity contribution in [1.82, 2.24) is 0 Å². The van der Waals surface area contributed by atoms with Gasteiger partial charge in [0.15, 0.2) is 0 Å². The van der Waals surface area contributed by atoms with Crippen molar-refractivity contribution in [2.75, 3.05) is 0 Å². The van der Waals surface area contributed by atoms with E-state index in [2.05, 4.69) is 26.0 Å². The smallest absolute Gasteiger partial charge is 0.123 e. The van der Waals surface area contributed by atoms with Crippen LogP contribution in [0.3, 0.4) is 0 Å². The summed E-state index contributed by atoms with van der Waals surface area (Å²) in [5, 5.41) is 0. The predicted molar refractivity (Wildman–Crippen MR) is 59.8 cm³/mol. The molecule has 0 N–H and O–H groups in total. The summed E-state index contributed by atoms with van der Waals surface area (Å²) in [6.45, 7) is 4.25. The Labute approximate surface area is 86.2 Å². The second-order valence-corrected chi connectivity index (χ2v) is 4.09. The maximum Gasteiger partial charge on any atom is 0.123 e. The molecule has 1 nitrogen and oxygen atoms in total. The van der Waals surface area contributed by atoms with Crippen molar-refractivity contribution in [2.24, 2.45) is 0 Å². The molecule has 0 bridgehead atoms. The summed E-state index contributed by atoms with van der Waals surface area (Å²) in [7, 11) is 0. The van der Waals surface area contributed by atoms with Crippen LogP contribution in [-0.4, -0.2) is 5.94 Å². The van der Waals surface area contributed by atoms with E-state index in [1.165, 1.54) is 11.1 Å². The summed E-state index contributed by atoms with van der Waals surface area (Å²) in [4.78, 5) is 10.4. The summed E-state index contributed by atoms with van der Waals surface area (Å²) in [6.07, 6.45) is 9.55. The minimum atomic E-state index is 0.827. The molecule has 0 aromatic carbocycles. The van der Waals surface area contributed by atoms with Crippen LogP contribution in [-0.2, 0) is 4.79 Å². The summed E-state index contributed by atoms with van der Waals surface area (Å²) in [6, 6.07) is 0. The summed E-state index contributed by atoms with van der Waals surface area (Å²) in [5.74, 6) is 2.01. The van der Waals surface area contributed by atoms with Crippen molar-refractivity contribution in [2.45, 2.75) is 46.0 Å². The number of hydrogen-bond acceptors (Lipinski definition) is 1. The average molecular weight is 190 g/mol. The number of allylic oxidation sites excluding steroid dienone is 5. The van der Waals surface area contributed by atoms with E-state index in [1.807, 2.05) is 5.94 Å². The van der Waals surface area contributed by atoms with Crippen molar-refractivity contribution >= 4 is 5.94 Å². The molecule has 0 aromatic heterocycles. The fraction of sp³-hybridized carbons (Fsp3) is 0.538. The van der Waals surface area contributed by atoms with Crippen LogP contribution < -0.4 is 0 Å². The standard InChI is InChI=1S/C13H18O/c1-11(2)4-3-5-12-6-8-13(10-14)9-7-12/h4,6H,3,5,7-9H2,1-2H3. The lowest BCUT2D eigenvalue weighted by Crippen LogP contribution is -1.95. The molecule has 1 aliphatic carbocycles. The van der Waals surface area contributed by atoms with E-state index in [4.69, 9.17) is 0 Å². The molecule has 0 unspecified atom stereocenters. The molecule has 0 fully saturated rings. The van der Waals surface area contributed by atoms with Gasteiger partial charge in [-0.25, -0.2) is 4.79 Å². The van der Waals surface area contributed by atoms with Gasteiger partial charge in [-0.05, 0) is 46.0 Å². The molecule has 14 heavy (non-hydrogen) atoms. The zero-order valence-electron chi connectivity index (χ0n) is 9.10. The highest BCUT2D eigenvalue weighted by molar-refractivity contribution is 5.53. The normalized spacial score (nSPS) is 15.9. The van der Waals surface area contributed by atoms with Gasteiger partial charge in [0.2, 0.25) is 0 Å². The third-order valence-corrected chi connectivity index (χ3v) is 2.55. The first-order valence-corrected chi connectivity index (χ1v) is 5.26. The molecule has 1 heteroatoms. The van der Waals surface area contributed by atoms with Crippen molar-refractivity contribution in [3.63, 3.8) is 0 Å². The van der Waals surface area contributed by atoms with Gasteiger partial charge in [0, 0.05) is 5.57 Å². The molecule has 1 aliphatic rings. The molecule has 0 aromatic rings. The third-order valence-electron chi connectivity index (χ3n) is 2.55. The van der Waals surface area contributed by atoms with Crippen molar-refractivity contribution in [3.8, 4) is 0 Å². The first-order valence-electron chi connectivity index (χ1n) is 5.26. The second-order valence-electron chi connectivity index (χ2n) is 4.09. The van der Waals surface area contributed by atoms with E-state index in [1.54, 1.807) is 0 Å². The van der Waals surface area contributed by atoms with Gasteiger partial charge in [-0.15, -0.1) is 0 Å². The van der Waals surface area contributed by atoms with Gasteiger partial charge < -0.3 is 0 Å². The van der Waals surface area contributed by atoms with Crippen LogP contribution in [0.4, 0.5) is 0 Å². The minimum Gasteiger partial charge on any atom is -0.234 e. The predicted octanol–water partition coefficient (Wildman–Crippen LogP) is 3.60. The molecule has 0 atom stereocenters. The van der Waals surface area contributed by atoms with Crippen LogP contribution in [0.1, 0.15) is 46.0 Å². The molecule has 1 rings (SSSR count). The third kappa shape index (κ3) is 3.76. The van der Waals surface area contributed by atoms with E-state index >= 15 is 0 Å². The van der Waals surface area contributed by atoms with Gasteiger partial charge in [0.1, 0.15) is 5.94 Å². The largest absolute Gasteiger partial charge is 0.234 e. The average Bonchev–Trinajstić information content (AvgIpc) is 2.18.